The Morgan fingerprint density at radius 1 is 1.38 bits per heavy atom. The lowest BCUT2D eigenvalue weighted by molar-refractivity contribution is 0.0523. The molecule has 21 heavy (non-hydrogen) atoms. The number of rotatable bonds is 9. The van der Waals surface area contributed by atoms with Crippen molar-refractivity contribution in [3.05, 3.63) is 17.5 Å². The third kappa shape index (κ3) is 5.16. The van der Waals surface area contributed by atoms with Crippen LogP contribution in [0.25, 0.3) is 0 Å². The first-order valence-electron chi connectivity index (χ1n) is 7.93. The van der Waals surface area contributed by atoms with Crippen LogP contribution in [0.1, 0.15) is 63.0 Å². The van der Waals surface area contributed by atoms with Crippen molar-refractivity contribution < 1.29 is 9.53 Å². The molecule has 0 saturated heterocycles. The number of aryl methyl sites for hydroxylation is 1. The highest BCUT2D eigenvalue weighted by Gasteiger charge is 2.20. The van der Waals surface area contributed by atoms with Gasteiger partial charge in [0.25, 0.3) is 0 Å². The smallest absolute Gasteiger partial charge is 0.341 e. The second-order valence-electron chi connectivity index (χ2n) is 5.62. The number of aromatic nitrogens is 2. The predicted octanol–water partition coefficient (Wildman–Crippen LogP) is 3.00. The Hall–Kier alpha value is -1.36. The van der Waals surface area contributed by atoms with Crippen molar-refractivity contribution in [2.75, 3.05) is 13.2 Å². The van der Waals surface area contributed by atoms with Crippen LogP contribution in [-0.4, -0.2) is 39.8 Å². The van der Waals surface area contributed by atoms with Gasteiger partial charge < -0.3 is 4.74 Å². The van der Waals surface area contributed by atoms with E-state index in [0.717, 1.165) is 18.8 Å². The first-order valence-corrected chi connectivity index (χ1v) is 7.93. The van der Waals surface area contributed by atoms with Crippen LogP contribution in [0.3, 0.4) is 0 Å². The van der Waals surface area contributed by atoms with Gasteiger partial charge >= 0.3 is 5.97 Å². The summed E-state index contributed by atoms with van der Waals surface area (Å²) < 4.78 is 6.89. The molecule has 0 radical (unpaired) electrons. The highest BCUT2D eigenvalue weighted by molar-refractivity contribution is 5.90. The molecule has 0 saturated carbocycles. The van der Waals surface area contributed by atoms with Crippen molar-refractivity contribution in [3.63, 3.8) is 0 Å². The van der Waals surface area contributed by atoms with Crippen LogP contribution in [-0.2, 0) is 18.3 Å². The molecule has 1 heterocycles. The Bertz CT molecular complexity index is 441. The van der Waals surface area contributed by atoms with E-state index < -0.39 is 0 Å². The topological polar surface area (TPSA) is 47.4 Å². The number of esters is 1. The first kappa shape index (κ1) is 17.7. The highest BCUT2D eigenvalue weighted by atomic mass is 16.5. The number of carbonyl (C=O) groups is 1. The molecule has 0 fully saturated rings. The van der Waals surface area contributed by atoms with Crippen molar-refractivity contribution in [1.29, 1.82) is 0 Å². The Balaban J connectivity index is 2.82. The van der Waals surface area contributed by atoms with Gasteiger partial charge in [-0.2, -0.15) is 5.10 Å². The van der Waals surface area contributed by atoms with Crippen LogP contribution < -0.4 is 0 Å². The summed E-state index contributed by atoms with van der Waals surface area (Å²) in [6.45, 7) is 10.6. The van der Waals surface area contributed by atoms with E-state index in [1.54, 1.807) is 10.9 Å². The minimum absolute atomic E-state index is 0.280. The summed E-state index contributed by atoms with van der Waals surface area (Å²) >= 11 is 0. The molecule has 0 spiro atoms. The number of hydrogen-bond donors (Lipinski definition) is 0. The number of ether oxygens (including phenoxy) is 1. The fourth-order valence-corrected chi connectivity index (χ4v) is 2.31. The Morgan fingerprint density at radius 3 is 2.67 bits per heavy atom. The van der Waals surface area contributed by atoms with Gasteiger partial charge in [0.05, 0.1) is 18.5 Å². The number of nitrogens with zero attached hydrogens (tertiary/aromatic N) is 3. The van der Waals surface area contributed by atoms with E-state index in [4.69, 9.17) is 4.74 Å². The van der Waals surface area contributed by atoms with E-state index >= 15 is 0 Å². The fourth-order valence-electron chi connectivity index (χ4n) is 2.31. The molecule has 1 aromatic rings. The zero-order valence-corrected chi connectivity index (χ0v) is 14.1. The predicted molar refractivity (Wildman–Crippen MR) is 84.2 cm³/mol. The van der Waals surface area contributed by atoms with Crippen molar-refractivity contribution in [2.45, 2.75) is 59.5 Å². The molecule has 0 unspecified atom stereocenters. The molecule has 0 aromatic carbocycles. The molecule has 0 aliphatic heterocycles. The maximum absolute atomic E-state index is 12.0. The van der Waals surface area contributed by atoms with Gasteiger partial charge in [-0.3, -0.25) is 9.58 Å². The molecule has 5 nitrogen and oxygen atoms in total. The van der Waals surface area contributed by atoms with Crippen LogP contribution in [0.4, 0.5) is 0 Å². The van der Waals surface area contributed by atoms with Crippen molar-refractivity contribution >= 4 is 5.97 Å². The maximum atomic E-state index is 12.0. The molecule has 1 rings (SSSR count). The standard InChI is InChI=1S/C16H29N3O2/c1-6-8-9-10-19(13(3)4)12-15-14(11-17-18(15)5)16(20)21-7-2/h11,13H,6-10,12H2,1-5H3. The van der Waals surface area contributed by atoms with Crippen molar-refractivity contribution in [2.24, 2.45) is 7.05 Å². The van der Waals surface area contributed by atoms with Crippen LogP contribution >= 0.6 is 0 Å². The monoisotopic (exact) mass is 295 g/mol. The lowest BCUT2D eigenvalue weighted by Crippen LogP contribution is -2.32. The minimum atomic E-state index is -0.280. The van der Waals surface area contributed by atoms with Crippen molar-refractivity contribution in [3.8, 4) is 0 Å². The zero-order chi connectivity index (χ0) is 15.8. The second kappa shape index (κ2) is 8.82. The molecule has 1 aromatic heterocycles. The molecule has 0 bridgehead atoms. The van der Waals surface area contributed by atoms with E-state index in [9.17, 15) is 4.79 Å². The van der Waals surface area contributed by atoms with Crippen LogP contribution in [0.2, 0.25) is 0 Å². The molecule has 120 valence electrons. The number of unbranched alkanes of at least 4 members (excludes halogenated alkanes) is 2. The Kier molecular flexibility index (Phi) is 7.43. The molecule has 0 amide bonds. The van der Waals surface area contributed by atoms with Gasteiger partial charge in [-0.15, -0.1) is 0 Å². The van der Waals surface area contributed by atoms with Gasteiger partial charge in [-0.05, 0) is 33.7 Å². The summed E-state index contributed by atoms with van der Waals surface area (Å²) in [6.07, 6.45) is 5.24. The molecule has 0 aliphatic rings. The highest BCUT2D eigenvalue weighted by Crippen LogP contribution is 2.15. The van der Waals surface area contributed by atoms with Gasteiger partial charge in [-0.25, -0.2) is 4.79 Å². The zero-order valence-electron chi connectivity index (χ0n) is 14.1. The molecule has 0 aliphatic carbocycles. The lowest BCUT2D eigenvalue weighted by atomic mass is 10.2. The van der Waals surface area contributed by atoms with Crippen LogP contribution in [0.5, 0.6) is 0 Å². The molecular formula is C16H29N3O2. The van der Waals surface area contributed by atoms with Gasteiger partial charge in [0, 0.05) is 19.6 Å². The van der Waals surface area contributed by atoms with E-state index in [0.29, 0.717) is 18.2 Å². The average molecular weight is 295 g/mol. The molecule has 5 heteroatoms. The van der Waals surface area contributed by atoms with Gasteiger partial charge in [0.15, 0.2) is 0 Å². The summed E-state index contributed by atoms with van der Waals surface area (Å²) in [5.41, 5.74) is 1.51. The third-order valence-electron chi connectivity index (χ3n) is 3.69. The number of hydrogen-bond acceptors (Lipinski definition) is 4. The van der Waals surface area contributed by atoms with Crippen LogP contribution in [0, 0.1) is 0 Å². The second-order valence-corrected chi connectivity index (χ2v) is 5.62. The number of carbonyl (C=O) groups excluding carboxylic acids is 1. The van der Waals surface area contributed by atoms with Crippen molar-refractivity contribution in [1.82, 2.24) is 14.7 Å². The van der Waals surface area contributed by atoms with Gasteiger partial charge in [-0.1, -0.05) is 19.8 Å². The Morgan fingerprint density at radius 2 is 2.10 bits per heavy atom. The minimum Gasteiger partial charge on any atom is -0.462 e. The quantitative estimate of drug-likeness (QED) is 0.519. The summed E-state index contributed by atoms with van der Waals surface area (Å²) in [4.78, 5) is 14.4. The average Bonchev–Trinajstić information content (AvgIpc) is 2.79. The molecular weight excluding hydrogens is 266 g/mol. The summed E-state index contributed by atoms with van der Waals surface area (Å²) in [5.74, 6) is -0.280. The third-order valence-corrected chi connectivity index (χ3v) is 3.69. The van der Waals surface area contributed by atoms with Crippen LogP contribution in [0.15, 0.2) is 6.20 Å². The lowest BCUT2D eigenvalue weighted by Gasteiger charge is -2.26. The summed E-state index contributed by atoms with van der Waals surface area (Å²) in [5, 5.41) is 4.22. The summed E-state index contributed by atoms with van der Waals surface area (Å²) in [6, 6.07) is 0.437. The largest absolute Gasteiger partial charge is 0.462 e. The Labute approximate surface area is 128 Å². The first-order chi connectivity index (χ1) is 10.0. The van der Waals surface area contributed by atoms with Gasteiger partial charge in [0.2, 0.25) is 0 Å². The SMILES string of the molecule is CCCCCN(Cc1c(C(=O)OCC)cnn1C)C(C)C. The van der Waals surface area contributed by atoms with E-state index in [1.165, 1.54) is 19.3 Å². The molecule has 0 atom stereocenters. The van der Waals surface area contributed by atoms with E-state index in [2.05, 4.69) is 30.8 Å². The molecule has 0 N–H and O–H groups in total. The normalized spacial score (nSPS) is 11.4. The maximum Gasteiger partial charge on any atom is 0.341 e. The fraction of sp³-hybridized carbons (Fsp3) is 0.750. The van der Waals surface area contributed by atoms with E-state index in [1.807, 2.05) is 14.0 Å². The summed E-state index contributed by atoms with van der Waals surface area (Å²) in [7, 11) is 1.88. The van der Waals surface area contributed by atoms with Gasteiger partial charge in [0.1, 0.15) is 5.56 Å². The van der Waals surface area contributed by atoms with E-state index in [-0.39, 0.29) is 5.97 Å².